The van der Waals surface area contributed by atoms with Crippen LogP contribution in [-0.2, 0) is 6.54 Å². The highest BCUT2D eigenvalue weighted by Gasteiger charge is 2.18. The topological polar surface area (TPSA) is 27.1 Å². The predicted molar refractivity (Wildman–Crippen MR) is 84.6 cm³/mol. The van der Waals surface area contributed by atoms with Gasteiger partial charge in [-0.2, -0.15) is 0 Å². The van der Waals surface area contributed by atoms with Gasteiger partial charge in [-0.25, -0.2) is 4.98 Å². The molecule has 0 saturated heterocycles. The van der Waals surface area contributed by atoms with Gasteiger partial charge < -0.3 is 9.30 Å². The average Bonchev–Trinajstić information content (AvgIpc) is 2.75. The van der Waals surface area contributed by atoms with Crippen LogP contribution in [0.25, 0.3) is 11.0 Å². The Hall–Kier alpha value is -1.22. The number of imidazole rings is 1. The second-order valence-electron chi connectivity index (χ2n) is 5.56. The van der Waals surface area contributed by atoms with Crippen LogP contribution in [0.4, 0.5) is 0 Å². The van der Waals surface area contributed by atoms with Gasteiger partial charge in [0.25, 0.3) is 0 Å². The lowest BCUT2D eigenvalue weighted by molar-refractivity contribution is 0.320. The summed E-state index contributed by atoms with van der Waals surface area (Å²) in [6.45, 7) is 10.1. The number of alkyl halides is 1. The summed E-state index contributed by atoms with van der Waals surface area (Å²) in [6.07, 6.45) is 0.988. The molecule has 2 rings (SSSR count). The number of hydrogen-bond acceptors (Lipinski definition) is 2. The van der Waals surface area contributed by atoms with E-state index in [1.807, 2.05) is 19.1 Å². The maximum atomic E-state index is 6.30. The Bertz CT molecular complexity index is 575. The standard InChI is InChI=1S/C16H23ClN2O/c1-5-9-20-14-8-6-7-13-15(14)18-16(12(4)17)19(13)10-11(2)3/h6-8,11-12H,5,9-10H2,1-4H3. The molecule has 4 heteroatoms. The SMILES string of the molecule is CCCOc1cccc2c1nc(C(C)Cl)n2CC(C)C. The molecule has 1 aromatic heterocycles. The molecule has 0 amide bonds. The Morgan fingerprint density at radius 1 is 1.30 bits per heavy atom. The summed E-state index contributed by atoms with van der Waals surface area (Å²) >= 11 is 6.30. The zero-order valence-electron chi connectivity index (χ0n) is 12.7. The van der Waals surface area contributed by atoms with Crippen molar-refractivity contribution in [2.45, 2.75) is 46.0 Å². The molecule has 1 atom stereocenters. The van der Waals surface area contributed by atoms with Crippen LogP contribution in [0.2, 0.25) is 0 Å². The zero-order valence-corrected chi connectivity index (χ0v) is 13.4. The quantitative estimate of drug-likeness (QED) is 0.717. The molecule has 1 aromatic carbocycles. The fraction of sp³-hybridized carbons (Fsp3) is 0.562. The van der Waals surface area contributed by atoms with E-state index in [0.717, 1.165) is 35.6 Å². The fourth-order valence-electron chi connectivity index (χ4n) is 2.33. The molecule has 0 N–H and O–H groups in total. The second kappa shape index (κ2) is 6.49. The summed E-state index contributed by atoms with van der Waals surface area (Å²) in [5.41, 5.74) is 2.03. The third-order valence-corrected chi connectivity index (χ3v) is 3.33. The van der Waals surface area contributed by atoms with Crippen LogP contribution in [0.3, 0.4) is 0 Å². The lowest BCUT2D eigenvalue weighted by Crippen LogP contribution is -2.08. The molecular weight excluding hydrogens is 272 g/mol. The van der Waals surface area contributed by atoms with Gasteiger partial charge in [0, 0.05) is 6.54 Å². The molecule has 3 nitrogen and oxygen atoms in total. The van der Waals surface area contributed by atoms with Crippen molar-refractivity contribution < 1.29 is 4.74 Å². The lowest BCUT2D eigenvalue weighted by atomic mass is 10.2. The summed E-state index contributed by atoms with van der Waals surface area (Å²) in [4.78, 5) is 4.72. The van der Waals surface area contributed by atoms with E-state index in [9.17, 15) is 0 Å². The van der Waals surface area contributed by atoms with E-state index in [2.05, 4.69) is 31.4 Å². The van der Waals surface area contributed by atoms with Crippen molar-refractivity contribution in [1.29, 1.82) is 0 Å². The Balaban J connectivity index is 2.54. The normalized spacial score (nSPS) is 13.1. The molecule has 0 bridgehead atoms. The number of ether oxygens (including phenoxy) is 1. The number of rotatable bonds is 6. The van der Waals surface area contributed by atoms with E-state index in [0.29, 0.717) is 12.5 Å². The van der Waals surface area contributed by atoms with Crippen molar-refractivity contribution in [2.24, 2.45) is 5.92 Å². The summed E-state index contributed by atoms with van der Waals surface area (Å²) in [5.74, 6) is 2.31. The molecule has 2 aromatic rings. The Morgan fingerprint density at radius 3 is 2.65 bits per heavy atom. The maximum absolute atomic E-state index is 6.30. The van der Waals surface area contributed by atoms with Crippen molar-refractivity contribution in [2.75, 3.05) is 6.61 Å². The number of nitrogens with zero attached hydrogens (tertiary/aromatic N) is 2. The molecule has 0 aliphatic heterocycles. The number of aromatic nitrogens is 2. The molecule has 1 heterocycles. The lowest BCUT2D eigenvalue weighted by Gasteiger charge is -2.12. The van der Waals surface area contributed by atoms with Gasteiger partial charge in [-0.3, -0.25) is 0 Å². The van der Waals surface area contributed by atoms with Crippen molar-refractivity contribution in [3.63, 3.8) is 0 Å². The first-order valence-corrected chi connectivity index (χ1v) is 7.74. The van der Waals surface area contributed by atoms with Crippen molar-refractivity contribution in [3.8, 4) is 5.75 Å². The minimum atomic E-state index is -0.111. The highest BCUT2D eigenvalue weighted by Crippen LogP contribution is 2.30. The van der Waals surface area contributed by atoms with Crippen molar-refractivity contribution in [3.05, 3.63) is 24.0 Å². The molecule has 0 saturated carbocycles. The van der Waals surface area contributed by atoms with Crippen LogP contribution < -0.4 is 4.74 Å². The van der Waals surface area contributed by atoms with Gasteiger partial charge in [0.05, 0.1) is 17.5 Å². The van der Waals surface area contributed by atoms with Crippen molar-refractivity contribution >= 4 is 22.6 Å². The number of hydrogen-bond donors (Lipinski definition) is 0. The summed E-state index contributed by atoms with van der Waals surface area (Å²) in [6, 6.07) is 6.09. The maximum Gasteiger partial charge on any atom is 0.147 e. The van der Waals surface area contributed by atoms with Gasteiger partial charge in [-0.15, -0.1) is 11.6 Å². The molecule has 110 valence electrons. The molecule has 20 heavy (non-hydrogen) atoms. The van der Waals surface area contributed by atoms with Gasteiger partial charge in [0.2, 0.25) is 0 Å². The monoisotopic (exact) mass is 294 g/mol. The summed E-state index contributed by atoms with van der Waals surface area (Å²) < 4.78 is 8.02. The average molecular weight is 295 g/mol. The third kappa shape index (κ3) is 3.09. The van der Waals surface area contributed by atoms with Gasteiger partial charge in [-0.05, 0) is 31.4 Å². The van der Waals surface area contributed by atoms with E-state index >= 15 is 0 Å². The van der Waals surface area contributed by atoms with E-state index < -0.39 is 0 Å². The Labute approximate surface area is 125 Å². The van der Waals surface area contributed by atoms with Crippen LogP contribution >= 0.6 is 11.6 Å². The first kappa shape index (κ1) is 15.2. The largest absolute Gasteiger partial charge is 0.491 e. The van der Waals surface area contributed by atoms with E-state index in [1.54, 1.807) is 0 Å². The molecule has 0 spiro atoms. The molecular formula is C16H23ClN2O. The highest BCUT2D eigenvalue weighted by molar-refractivity contribution is 6.20. The van der Waals surface area contributed by atoms with Gasteiger partial charge in [0.15, 0.2) is 0 Å². The van der Waals surface area contributed by atoms with Gasteiger partial charge in [0.1, 0.15) is 17.1 Å². The zero-order chi connectivity index (χ0) is 14.7. The number of fused-ring (bicyclic) bond motifs is 1. The minimum Gasteiger partial charge on any atom is -0.491 e. The first-order chi connectivity index (χ1) is 9.54. The molecule has 1 unspecified atom stereocenters. The number of halogens is 1. The number of benzene rings is 1. The Morgan fingerprint density at radius 2 is 2.05 bits per heavy atom. The van der Waals surface area contributed by atoms with E-state index in [1.165, 1.54) is 0 Å². The van der Waals surface area contributed by atoms with E-state index in [4.69, 9.17) is 21.3 Å². The minimum absolute atomic E-state index is 0.111. The summed E-state index contributed by atoms with van der Waals surface area (Å²) in [7, 11) is 0. The van der Waals surface area contributed by atoms with Crippen LogP contribution in [0.5, 0.6) is 5.75 Å². The third-order valence-electron chi connectivity index (χ3n) is 3.14. The highest BCUT2D eigenvalue weighted by atomic mass is 35.5. The molecule has 0 aliphatic carbocycles. The first-order valence-electron chi connectivity index (χ1n) is 7.30. The summed E-state index contributed by atoms with van der Waals surface area (Å²) in [5, 5.41) is -0.111. The fourth-order valence-corrected chi connectivity index (χ4v) is 2.50. The van der Waals surface area contributed by atoms with Crippen molar-refractivity contribution in [1.82, 2.24) is 9.55 Å². The van der Waals surface area contributed by atoms with E-state index in [-0.39, 0.29) is 5.38 Å². The molecule has 0 radical (unpaired) electrons. The van der Waals surface area contributed by atoms with Gasteiger partial charge in [-0.1, -0.05) is 26.8 Å². The van der Waals surface area contributed by atoms with Crippen LogP contribution in [0, 0.1) is 5.92 Å². The van der Waals surface area contributed by atoms with Crippen LogP contribution in [-0.4, -0.2) is 16.2 Å². The molecule has 0 fully saturated rings. The van der Waals surface area contributed by atoms with Gasteiger partial charge >= 0.3 is 0 Å². The second-order valence-corrected chi connectivity index (χ2v) is 6.22. The van der Waals surface area contributed by atoms with Crippen LogP contribution in [0.15, 0.2) is 18.2 Å². The Kier molecular flexibility index (Phi) is 4.92. The smallest absolute Gasteiger partial charge is 0.147 e. The van der Waals surface area contributed by atoms with Crippen LogP contribution in [0.1, 0.15) is 45.3 Å². The molecule has 0 aliphatic rings. The number of para-hydroxylation sites is 1. The predicted octanol–water partition coefficient (Wildman–Crippen LogP) is 4.78.